The van der Waals surface area contributed by atoms with Gasteiger partial charge in [-0.05, 0) is 29.8 Å². The molecule has 3 nitrogen and oxygen atoms in total. The summed E-state index contributed by atoms with van der Waals surface area (Å²) in [5.41, 5.74) is 4.71. The summed E-state index contributed by atoms with van der Waals surface area (Å²) in [4.78, 5) is 7.68. The number of para-hydroxylation sites is 1. The fraction of sp³-hybridized carbons (Fsp3) is 0.0625. The summed E-state index contributed by atoms with van der Waals surface area (Å²) in [5.74, 6) is 0. The lowest BCUT2D eigenvalue weighted by Crippen LogP contribution is -1.96. The number of hydrogen-bond acceptors (Lipinski definition) is 1. The van der Waals surface area contributed by atoms with Gasteiger partial charge in [0.1, 0.15) is 0 Å². The van der Waals surface area contributed by atoms with Gasteiger partial charge in [0.25, 0.3) is 0 Å². The molecule has 1 aromatic carbocycles. The summed E-state index contributed by atoms with van der Waals surface area (Å²) in [6, 6.07) is 14.5. The minimum Gasteiger partial charge on any atom is -0.361 e. The van der Waals surface area contributed by atoms with Crippen molar-refractivity contribution >= 4 is 21.9 Å². The van der Waals surface area contributed by atoms with E-state index in [4.69, 9.17) is 0 Å². The van der Waals surface area contributed by atoms with E-state index < -0.39 is 0 Å². The van der Waals surface area contributed by atoms with Gasteiger partial charge >= 0.3 is 0 Å². The monoisotopic (exact) mass is 247 g/mol. The average molecular weight is 247 g/mol. The third kappa shape index (κ3) is 1.63. The van der Waals surface area contributed by atoms with Gasteiger partial charge in [0.2, 0.25) is 0 Å². The van der Waals surface area contributed by atoms with Crippen LogP contribution in [-0.2, 0) is 6.54 Å². The number of H-pyrrole nitrogens is 1. The van der Waals surface area contributed by atoms with Gasteiger partial charge in [-0.25, -0.2) is 0 Å². The molecule has 92 valence electrons. The molecule has 3 heteroatoms. The molecule has 4 rings (SSSR count). The van der Waals surface area contributed by atoms with Crippen molar-refractivity contribution in [2.75, 3.05) is 0 Å². The Kier molecular flexibility index (Phi) is 2.18. The molecule has 1 N–H and O–H groups in total. The van der Waals surface area contributed by atoms with Gasteiger partial charge in [-0.1, -0.05) is 18.2 Å². The normalized spacial score (nSPS) is 11.4. The summed E-state index contributed by atoms with van der Waals surface area (Å²) in [6.07, 6.45) is 6.02. The van der Waals surface area contributed by atoms with E-state index in [0.717, 1.165) is 12.1 Å². The number of aromatic nitrogens is 3. The SMILES string of the molecule is c1ccc2c(Cn3ccc4ncccc43)c[nH]c2c1. The zero-order chi connectivity index (χ0) is 12.7. The first kappa shape index (κ1) is 10.4. The fourth-order valence-corrected chi connectivity index (χ4v) is 2.61. The van der Waals surface area contributed by atoms with Crippen molar-refractivity contribution in [3.05, 3.63) is 66.6 Å². The van der Waals surface area contributed by atoms with Gasteiger partial charge < -0.3 is 9.55 Å². The third-order valence-corrected chi connectivity index (χ3v) is 3.55. The molecule has 0 aliphatic carbocycles. The van der Waals surface area contributed by atoms with Crippen molar-refractivity contribution in [3.63, 3.8) is 0 Å². The second-order valence-corrected chi connectivity index (χ2v) is 4.71. The molecule has 19 heavy (non-hydrogen) atoms. The van der Waals surface area contributed by atoms with Crippen LogP contribution < -0.4 is 0 Å². The predicted molar refractivity (Wildman–Crippen MR) is 77.1 cm³/mol. The highest BCUT2D eigenvalue weighted by atomic mass is 15.0. The Balaban J connectivity index is 1.82. The molecule has 0 aliphatic heterocycles. The summed E-state index contributed by atoms with van der Waals surface area (Å²) in [6.45, 7) is 0.860. The highest BCUT2D eigenvalue weighted by molar-refractivity contribution is 5.83. The van der Waals surface area contributed by atoms with Gasteiger partial charge in [-0.2, -0.15) is 0 Å². The molecule has 0 fully saturated rings. The van der Waals surface area contributed by atoms with E-state index in [1.54, 1.807) is 0 Å². The molecule has 0 saturated heterocycles. The maximum absolute atomic E-state index is 4.36. The number of benzene rings is 1. The molecule has 0 unspecified atom stereocenters. The maximum atomic E-state index is 4.36. The largest absolute Gasteiger partial charge is 0.361 e. The van der Waals surface area contributed by atoms with Crippen molar-refractivity contribution in [3.8, 4) is 0 Å². The zero-order valence-corrected chi connectivity index (χ0v) is 10.4. The van der Waals surface area contributed by atoms with Crippen LogP contribution in [-0.4, -0.2) is 14.5 Å². The Labute approximate surface area is 110 Å². The zero-order valence-electron chi connectivity index (χ0n) is 10.4. The number of rotatable bonds is 2. The Hall–Kier alpha value is -2.55. The molecule has 4 aromatic rings. The van der Waals surface area contributed by atoms with Crippen LogP contribution in [0.2, 0.25) is 0 Å². The lowest BCUT2D eigenvalue weighted by molar-refractivity contribution is 0.842. The lowest BCUT2D eigenvalue weighted by atomic mass is 10.2. The molecular formula is C16H13N3. The highest BCUT2D eigenvalue weighted by Crippen LogP contribution is 2.21. The Bertz CT molecular complexity index is 782. The van der Waals surface area contributed by atoms with Gasteiger partial charge in [0.15, 0.2) is 0 Å². The molecule has 3 heterocycles. The van der Waals surface area contributed by atoms with Gasteiger partial charge in [0.05, 0.1) is 11.0 Å². The lowest BCUT2D eigenvalue weighted by Gasteiger charge is -2.04. The smallest absolute Gasteiger partial charge is 0.0881 e. The molecule has 0 aliphatic rings. The van der Waals surface area contributed by atoms with E-state index >= 15 is 0 Å². The van der Waals surface area contributed by atoms with Crippen LogP contribution in [0.1, 0.15) is 5.56 Å². The van der Waals surface area contributed by atoms with Crippen molar-refractivity contribution in [1.29, 1.82) is 0 Å². The van der Waals surface area contributed by atoms with Crippen LogP contribution in [0.5, 0.6) is 0 Å². The van der Waals surface area contributed by atoms with Crippen molar-refractivity contribution in [2.45, 2.75) is 6.54 Å². The summed E-state index contributed by atoms with van der Waals surface area (Å²) < 4.78 is 2.23. The topological polar surface area (TPSA) is 33.6 Å². The van der Waals surface area contributed by atoms with E-state index in [1.165, 1.54) is 22.0 Å². The van der Waals surface area contributed by atoms with Crippen LogP contribution in [0.4, 0.5) is 0 Å². The van der Waals surface area contributed by atoms with Crippen molar-refractivity contribution in [1.82, 2.24) is 14.5 Å². The van der Waals surface area contributed by atoms with Crippen LogP contribution >= 0.6 is 0 Å². The van der Waals surface area contributed by atoms with E-state index in [1.807, 2.05) is 12.3 Å². The molecule has 3 aromatic heterocycles. The number of fused-ring (bicyclic) bond motifs is 2. The minimum absolute atomic E-state index is 0.860. The van der Waals surface area contributed by atoms with Crippen LogP contribution in [0, 0.1) is 0 Å². The number of nitrogens with one attached hydrogen (secondary N) is 1. The Morgan fingerprint density at radius 1 is 1.05 bits per heavy atom. The Morgan fingerprint density at radius 3 is 3.00 bits per heavy atom. The van der Waals surface area contributed by atoms with E-state index in [-0.39, 0.29) is 0 Å². The summed E-state index contributed by atoms with van der Waals surface area (Å²) in [5, 5.41) is 1.29. The van der Waals surface area contributed by atoms with Gasteiger partial charge in [-0.3, -0.25) is 4.98 Å². The maximum Gasteiger partial charge on any atom is 0.0881 e. The van der Waals surface area contributed by atoms with E-state index in [0.29, 0.717) is 0 Å². The fourth-order valence-electron chi connectivity index (χ4n) is 2.61. The number of aromatic amines is 1. The standard InChI is InChI=1S/C16H13N3/c1-2-5-14-13(4-1)12(10-18-14)11-19-9-7-15-16(19)6-3-8-17-15/h1-10,18H,11H2. The molecular weight excluding hydrogens is 234 g/mol. The van der Waals surface area contributed by atoms with E-state index in [2.05, 4.69) is 63.3 Å². The van der Waals surface area contributed by atoms with Crippen LogP contribution in [0.25, 0.3) is 21.9 Å². The molecule has 0 radical (unpaired) electrons. The summed E-state index contributed by atoms with van der Waals surface area (Å²) >= 11 is 0. The van der Waals surface area contributed by atoms with Gasteiger partial charge in [-0.15, -0.1) is 0 Å². The number of pyridine rings is 1. The molecule has 0 bridgehead atoms. The van der Waals surface area contributed by atoms with Crippen molar-refractivity contribution < 1.29 is 0 Å². The molecule has 0 atom stereocenters. The average Bonchev–Trinajstić information content (AvgIpc) is 3.05. The molecule has 0 saturated carbocycles. The molecule has 0 spiro atoms. The van der Waals surface area contributed by atoms with Crippen molar-refractivity contribution in [2.24, 2.45) is 0 Å². The first-order chi connectivity index (χ1) is 9.42. The summed E-state index contributed by atoms with van der Waals surface area (Å²) in [7, 11) is 0. The quantitative estimate of drug-likeness (QED) is 0.577. The van der Waals surface area contributed by atoms with E-state index in [9.17, 15) is 0 Å². The number of hydrogen-bond donors (Lipinski definition) is 1. The predicted octanol–water partition coefficient (Wildman–Crippen LogP) is 3.57. The molecule has 0 amide bonds. The highest BCUT2D eigenvalue weighted by Gasteiger charge is 2.06. The van der Waals surface area contributed by atoms with Crippen LogP contribution in [0.15, 0.2) is 61.1 Å². The van der Waals surface area contributed by atoms with Gasteiger partial charge in [0, 0.05) is 36.0 Å². The second-order valence-electron chi connectivity index (χ2n) is 4.71. The van der Waals surface area contributed by atoms with Crippen LogP contribution in [0.3, 0.4) is 0 Å². The second kappa shape index (κ2) is 3.99. The Morgan fingerprint density at radius 2 is 2.00 bits per heavy atom. The minimum atomic E-state index is 0.860. The third-order valence-electron chi connectivity index (χ3n) is 3.55. The first-order valence-electron chi connectivity index (χ1n) is 6.37. The first-order valence-corrected chi connectivity index (χ1v) is 6.37. The number of nitrogens with zero attached hydrogens (tertiary/aromatic N) is 2.